The fourth-order valence-corrected chi connectivity index (χ4v) is 2.22. The van der Waals surface area contributed by atoms with Crippen molar-refractivity contribution in [2.24, 2.45) is 5.92 Å². The van der Waals surface area contributed by atoms with Gasteiger partial charge < -0.3 is 14.7 Å². The van der Waals surface area contributed by atoms with Crippen molar-refractivity contribution in [3.63, 3.8) is 0 Å². The molecule has 4 heteroatoms. The average molecular weight is 263 g/mol. The summed E-state index contributed by atoms with van der Waals surface area (Å²) in [5.41, 5.74) is 1.10. The molecular weight excluding hydrogens is 242 g/mol. The minimum atomic E-state index is -0.420. The minimum Gasteiger partial charge on any atom is -0.484 e. The van der Waals surface area contributed by atoms with Crippen LogP contribution in [0.5, 0.6) is 5.75 Å². The Morgan fingerprint density at radius 2 is 2.32 bits per heavy atom. The molecule has 0 saturated carbocycles. The zero-order chi connectivity index (χ0) is 13.8. The van der Waals surface area contributed by atoms with Crippen molar-refractivity contribution in [3.05, 3.63) is 29.8 Å². The average Bonchev–Trinajstić information content (AvgIpc) is 2.39. The monoisotopic (exact) mass is 263 g/mol. The van der Waals surface area contributed by atoms with E-state index in [4.69, 9.17) is 4.74 Å². The molecule has 104 valence electrons. The second-order valence-electron chi connectivity index (χ2n) is 5.28. The number of amides is 1. The largest absolute Gasteiger partial charge is 0.484 e. The van der Waals surface area contributed by atoms with Gasteiger partial charge >= 0.3 is 0 Å². The molecule has 2 unspecified atom stereocenters. The molecule has 1 saturated heterocycles. The summed E-state index contributed by atoms with van der Waals surface area (Å²) in [6.45, 7) is 5.14. The van der Waals surface area contributed by atoms with Gasteiger partial charge in [0.05, 0.1) is 6.10 Å². The Morgan fingerprint density at radius 1 is 1.53 bits per heavy atom. The van der Waals surface area contributed by atoms with Gasteiger partial charge in [0.25, 0.3) is 5.91 Å². The molecule has 0 aromatic heterocycles. The first kappa shape index (κ1) is 13.9. The van der Waals surface area contributed by atoms with Crippen molar-refractivity contribution >= 4 is 5.91 Å². The Morgan fingerprint density at radius 3 is 3.00 bits per heavy atom. The van der Waals surface area contributed by atoms with Crippen molar-refractivity contribution < 1.29 is 14.6 Å². The van der Waals surface area contributed by atoms with Gasteiger partial charge in [0.2, 0.25) is 0 Å². The standard InChI is InChI=1S/C15H21NO3/c1-11-4-3-5-13(8-11)19-10-15(18)16-7-6-12(2)14(17)9-16/h3-5,8,12,14,17H,6-7,9-10H2,1-2H3. The predicted octanol–water partition coefficient (Wildman–Crippen LogP) is 1.60. The van der Waals surface area contributed by atoms with Gasteiger partial charge in [-0.2, -0.15) is 0 Å². The Kier molecular flexibility index (Phi) is 4.43. The second kappa shape index (κ2) is 6.06. The highest BCUT2D eigenvalue weighted by Gasteiger charge is 2.27. The van der Waals surface area contributed by atoms with Gasteiger partial charge in [0.1, 0.15) is 5.75 Å². The van der Waals surface area contributed by atoms with Crippen LogP contribution in [0.25, 0.3) is 0 Å². The molecule has 1 N–H and O–H groups in total. The molecule has 1 aromatic carbocycles. The molecule has 1 amide bonds. The first-order valence-electron chi connectivity index (χ1n) is 6.71. The van der Waals surface area contributed by atoms with E-state index < -0.39 is 6.10 Å². The molecule has 1 aromatic rings. The van der Waals surface area contributed by atoms with Gasteiger partial charge in [-0.15, -0.1) is 0 Å². The van der Waals surface area contributed by atoms with E-state index in [0.717, 1.165) is 12.0 Å². The van der Waals surface area contributed by atoms with E-state index in [-0.39, 0.29) is 18.4 Å². The first-order chi connectivity index (χ1) is 9.06. The first-order valence-corrected chi connectivity index (χ1v) is 6.71. The number of hydrogen-bond acceptors (Lipinski definition) is 3. The Bertz CT molecular complexity index is 447. The Hall–Kier alpha value is -1.55. The van der Waals surface area contributed by atoms with Crippen molar-refractivity contribution in [2.75, 3.05) is 19.7 Å². The zero-order valence-corrected chi connectivity index (χ0v) is 11.5. The van der Waals surface area contributed by atoms with Crippen LogP contribution in [0.4, 0.5) is 0 Å². The van der Waals surface area contributed by atoms with Crippen LogP contribution in [0.15, 0.2) is 24.3 Å². The third-order valence-electron chi connectivity index (χ3n) is 3.62. The summed E-state index contributed by atoms with van der Waals surface area (Å²) < 4.78 is 5.49. The van der Waals surface area contributed by atoms with E-state index in [1.165, 1.54) is 0 Å². The molecule has 2 atom stereocenters. The number of aliphatic hydroxyl groups is 1. The van der Waals surface area contributed by atoms with E-state index in [1.54, 1.807) is 4.90 Å². The zero-order valence-electron chi connectivity index (χ0n) is 11.5. The number of benzene rings is 1. The van der Waals surface area contributed by atoms with Crippen LogP contribution >= 0.6 is 0 Å². The quantitative estimate of drug-likeness (QED) is 0.901. The molecule has 1 heterocycles. The van der Waals surface area contributed by atoms with Crippen LogP contribution in [-0.4, -0.2) is 41.7 Å². The normalized spacial score (nSPS) is 23.2. The van der Waals surface area contributed by atoms with Crippen LogP contribution in [0.3, 0.4) is 0 Å². The molecule has 0 radical (unpaired) electrons. The summed E-state index contributed by atoms with van der Waals surface area (Å²) in [4.78, 5) is 13.7. The van der Waals surface area contributed by atoms with Gasteiger partial charge in [-0.3, -0.25) is 4.79 Å². The van der Waals surface area contributed by atoms with Crippen molar-refractivity contribution in [1.29, 1.82) is 0 Å². The third kappa shape index (κ3) is 3.70. The van der Waals surface area contributed by atoms with E-state index in [9.17, 15) is 9.90 Å². The number of aryl methyl sites for hydroxylation is 1. The topological polar surface area (TPSA) is 49.8 Å². The summed E-state index contributed by atoms with van der Waals surface area (Å²) >= 11 is 0. The summed E-state index contributed by atoms with van der Waals surface area (Å²) in [7, 11) is 0. The van der Waals surface area contributed by atoms with E-state index in [2.05, 4.69) is 0 Å². The van der Waals surface area contributed by atoms with Crippen LogP contribution in [0.1, 0.15) is 18.9 Å². The molecule has 4 nitrogen and oxygen atoms in total. The van der Waals surface area contributed by atoms with Gasteiger partial charge in [0, 0.05) is 13.1 Å². The number of piperidine rings is 1. The van der Waals surface area contributed by atoms with Crippen molar-refractivity contribution in [3.8, 4) is 5.75 Å². The van der Waals surface area contributed by atoms with E-state index in [0.29, 0.717) is 18.8 Å². The smallest absolute Gasteiger partial charge is 0.260 e. The molecule has 1 aliphatic heterocycles. The molecule has 0 bridgehead atoms. The summed E-state index contributed by atoms with van der Waals surface area (Å²) in [5.74, 6) is 0.911. The molecule has 1 fully saturated rings. The SMILES string of the molecule is Cc1cccc(OCC(=O)N2CCC(C)C(O)C2)c1. The number of ether oxygens (including phenoxy) is 1. The van der Waals surface area contributed by atoms with Crippen molar-refractivity contribution in [2.45, 2.75) is 26.4 Å². The van der Waals surface area contributed by atoms with Crippen LogP contribution in [0, 0.1) is 12.8 Å². The van der Waals surface area contributed by atoms with E-state index in [1.807, 2.05) is 38.1 Å². The van der Waals surface area contributed by atoms with Gasteiger partial charge in [-0.05, 0) is 37.0 Å². The highest BCUT2D eigenvalue weighted by molar-refractivity contribution is 5.77. The highest BCUT2D eigenvalue weighted by atomic mass is 16.5. The molecule has 19 heavy (non-hydrogen) atoms. The maximum absolute atomic E-state index is 12.0. The lowest BCUT2D eigenvalue weighted by Gasteiger charge is -2.34. The Balaban J connectivity index is 1.84. The molecule has 2 rings (SSSR count). The van der Waals surface area contributed by atoms with Gasteiger partial charge in [-0.1, -0.05) is 19.1 Å². The minimum absolute atomic E-state index is 0.0323. The van der Waals surface area contributed by atoms with Crippen LogP contribution in [0.2, 0.25) is 0 Å². The third-order valence-corrected chi connectivity index (χ3v) is 3.62. The number of hydrogen-bond donors (Lipinski definition) is 1. The van der Waals surface area contributed by atoms with Crippen LogP contribution < -0.4 is 4.74 Å². The summed E-state index contributed by atoms with van der Waals surface area (Å²) in [5, 5.41) is 9.78. The molecule has 0 spiro atoms. The fourth-order valence-electron chi connectivity index (χ4n) is 2.22. The lowest BCUT2D eigenvalue weighted by molar-refractivity contribution is -0.137. The lowest BCUT2D eigenvalue weighted by atomic mass is 9.96. The number of aliphatic hydroxyl groups excluding tert-OH is 1. The number of nitrogens with zero attached hydrogens (tertiary/aromatic N) is 1. The summed E-state index contributed by atoms with van der Waals surface area (Å²) in [6, 6.07) is 7.63. The molecular formula is C15H21NO3. The lowest BCUT2D eigenvalue weighted by Crippen LogP contribution is -2.47. The van der Waals surface area contributed by atoms with Crippen molar-refractivity contribution in [1.82, 2.24) is 4.90 Å². The van der Waals surface area contributed by atoms with E-state index >= 15 is 0 Å². The predicted molar refractivity (Wildman–Crippen MR) is 73.0 cm³/mol. The maximum atomic E-state index is 12.0. The number of rotatable bonds is 3. The van der Waals surface area contributed by atoms with Gasteiger partial charge in [0.15, 0.2) is 6.61 Å². The maximum Gasteiger partial charge on any atom is 0.260 e. The fraction of sp³-hybridized carbons (Fsp3) is 0.533. The van der Waals surface area contributed by atoms with Gasteiger partial charge in [-0.25, -0.2) is 0 Å². The Labute approximate surface area is 114 Å². The number of β-amino-alcohol motifs (C(OH)–C–C–N with tert-alkyl or cyclic N) is 1. The molecule has 0 aliphatic carbocycles. The number of likely N-dealkylation sites (tertiary alicyclic amines) is 1. The van der Waals surface area contributed by atoms with Crippen LogP contribution in [-0.2, 0) is 4.79 Å². The highest BCUT2D eigenvalue weighted by Crippen LogP contribution is 2.17. The number of carbonyl (C=O) groups excluding carboxylic acids is 1. The number of carbonyl (C=O) groups is 1. The summed E-state index contributed by atoms with van der Waals surface area (Å²) in [6.07, 6.45) is 0.425. The second-order valence-corrected chi connectivity index (χ2v) is 5.28. The molecule has 1 aliphatic rings.